The molecule has 1 unspecified atom stereocenters. The summed E-state index contributed by atoms with van der Waals surface area (Å²) in [6.07, 6.45) is 6.27. The zero-order valence-electron chi connectivity index (χ0n) is 12.4. The van der Waals surface area contributed by atoms with Crippen LogP contribution in [0.1, 0.15) is 19.3 Å². The van der Waals surface area contributed by atoms with E-state index >= 15 is 0 Å². The molecule has 0 radical (unpaired) electrons. The van der Waals surface area contributed by atoms with E-state index in [0.29, 0.717) is 12.5 Å². The van der Waals surface area contributed by atoms with Crippen LogP contribution in [0.4, 0.5) is 5.82 Å². The second-order valence-corrected chi connectivity index (χ2v) is 6.33. The lowest BCUT2D eigenvalue weighted by Gasteiger charge is -2.33. The van der Waals surface area contributed by atoms with Crippen LogP contribution in [0.15, 0.2) is 12.7 Å². The monoisotopic (exact) mass is 323 g/mol. The molecule has 0 spiro atoms. The van der Waals surface area contributed by atoms with Crippen molar-refractivity contribution in [1.29, 1.82) is 0 Å². The molecule has 8 nitrogen and oxygen atoms in total. The average molecular weight is 323 g/mol. The first-order valence-corrected chi connectivity index (χ1v) is 8.42. The van der Waals surface area contributed by atoms with E-state index in [4.69, 9.17) is 0 Å². The summed E-state index contributed by atoms with van der Waals surface area (Å²) in [6, 6.07) is 0. The Labute approximate surface area is 131 Å². The third-order valence-corrected chi connectivity index (χ3v) is 4.62. The molecule has 0 amide bonds. The van der Waals surface area contributed by atoms with Gasteiger partial charge >= 0.3 is 0 Å². The fourth-order valence-electron chi connectivity index (χ4n) is 2.98. The van der Waals surface area contributed by atoms with Gasteiger partial charge in [0, 0.05) is 37.9 Å². The summed E-state index contributed by atoms with van der Waals surface area (Å²) in [5.74, 6) is 1.48. The number of hydrogen-bond donors (Lipinski definition) is 1. The summed E-state index contributed by atoms with van der Waals surface area (Å²) < 4.78 is 25.3. The van der Waals surface area contributed by atoms with Gasteiger partial charge in [0.15, 0.2) is 11.5 Å². The van der Waals surface area contributed by atoms with Crippen LogP contribution in [0.5, 0.6) is 0 Å². The van der Waals surface area contributed by atoms with Crippen molar-refractivity contribution in [2.45, 2.75) is 19.3 Å². The number of aryl methyl sites for hydroxylation is 1. The predicted molar refractivity (Wildman–Crippen MR) is 82.8 cm³/mol. The van der Waals surface area contributed by atoms with Crippen LogP contribution in [-0.4, -0.2) is 47.9 Å². The third kappa shape index (κ3) is 3.26. The SMILES string of the molecule is Cn1cnc2ncnc(N3CCC(CCNS(=O)[O-])CC3)c21. The summed E-state index contributed by atoms with van der Waals surface area (Å²) in [5, 5.41) is 0. The number of imidazole rings is 1. The Balaban J connectivity index is 1.63. The lowest BCUT2D eigenvalue weighted by molar-refractivity contribution is 0.380. The van der Waals surface area contributed by atoms with E-state index in [-0.39, 0.29) is 0 Å². The van der Waals surface area contributed by atoms with Gasteiger partial charge < -0.3 is 14.0 Å². The molecule has 120 valence electrons. The molecular formula is C13H19N6O2S-. The summed E-state index contributed by atoms with van der Waals surface area (Å²) in [4.78, 5) is 15.2. The molecule has 1 N–H and O–H groups in total. The molecule has 2 aromatic rings. The Morgan fingerprint density at radius 2 is 2.14 bits per heavy atom. The van der Waals surface area contributed by atoms with Crippen molar-refractivity contribution in [3.63, 3.8) is 0 Å². The van der Waals surface area contributed by atoms with Gasteiger partial charge in [-0.2, -0.15) is 0 Å². The number of piperidine rings is 1. The third-order valence-electron chi connectivity index (χ3n) is 4.18. The molecule has 0 bridgehead atoms. The van der Waals surface area contributed by atoms with Gasteiger partial charge in [-0.3, -0.25) is 4.21 Å². The number of aromatic nitrogens is 4. The lowest BCUT2D eigenvalue weighted by Crippen LogP contribution is -2.35. The molecular weight excluding hydrogens is 304 g/mol. The standard InChI is InChI=1S/C13H20N6O2S/c1-18-9-16-12-11(18)13(15-8-14-12)19-6-3-10(4-7-19)2-5-17-22(20)21/h8-10,17H,2-7H2,1H3,(H,20,21)/p-1. The van der Waals surface area contributed by atoms with E-state index < -0.39 is 11.3 Å². The Morgan fingerprint density at radius 3 is 2.86 bits per heavy atom. The van der Waals surface area contributed by atoms with Gasteiger partial charge in [0.2, 0.25) is 0 Å². The first-order valence-electron chi connectivity index (χ1n) is 7.35. The smallest absolute Gasteiger partial charge is 0.182 e. The zero-order chi connectivity index (χ0) is 15.5. The van der Waals surface area contributed by atoms with Gasteiger partial charge in [-0.15, -0.1) is 0 Å². The Kier molecular flexibility index (Phi) is 4.65. The van der Waals surface area contributed by atoms with Crippen LogP contribution in [0.3, 0.4) is 0 Å². The van der Waals surface area contributed by atoms with Crippen molar-refractivity contribution < 1.29 is 8.76 Å². The molecule has 0 aliphatic carbocycles. The number of hydrogen-bond acceptors (Lipinski definition) is 6. The van der Waals surface area contributed by atoms with Crippen LogP contribution in [0.25, 0.3) is 11.2 Å². The molecule has 1 atom stereocenters. The molecule has 2 aromatic heterocycles. The Hall–Kier alpha value is -1.58. The van der Waals surface area contributed by atoms with Crippen molar-refractivity contribution >= 4 is 28.2 Å². The van der Waals surface area contributed by atoms with Crippen molar-refractivity contribution in [1.82, 2.24) is 24.2 Å². The molecule has 1 fully saturated rings. The maximum Gasteiger partial charge on any atom is 0.182 e. The fourth-order valence-corrected chi connectivity index (χ4v) is 3.27. The van der Waals surface area contributed by atoms with Gasteiger partial charge in [-0.25, -0.2) is 19.7 Å². The predicted octanol–water partition coefficient (Wildman–Crippen LogP) is 0.353. The summed E-state index contributed by atoms with van der Waals surface area (Å²) in [7, 11) is 1.95. The van der Waals surface area contributed by atoms with Crippen molar-refractivity contribution in [3.05, 3.63) is 12.7 Å². The minimum Gasteiger partial charge on any atom is -0.760 e. The number of nitrogens with zero attached hydrogens (tertiary/aromatic N) is 5. The molecule has 22 heavy (non-hydrogen) atoms. The highest BCUT2D eigenvalue weighted by Gasteiger charge is 2.22. The van der Waals surface area contributed by atoms with E-state index in [0.717, 1.165) is 49.3 Å². The number of rotatable bonds is 5. The molecule has 0 saturated carbocycles. The van der Waals surface area contributed by atoms with Gasteiger partial charge in [0.05, 0.1) is 6.33 Å². The molecule has 1 aliphatic heterocycles. The first kappa shape index (κ1) is 15.3. The molecule has 1 saturated heterocycles. The van der Waals surface area contributed by atoms with Crippen LogP contribution in [-0.2, 0) is 18.3 Å². The maximum atomic E-state index is 10.5. The second kappa shape index (κ2) is 6.67. The van der Waals surface area contributed by atoms with Crippen LogP contribution < -0.4 is 9.62 Å². The van der Waals surface area contributed by atoms with Gasteiger partial charge in [0.25, 0.3) is 0 Å². The van der Waals surface area contributed by atoms with Crippen LogP contribution in [0.2, 0.25) is 0 Å². The van der Waals surface area contributed by atoms with Gasteiger partial charge in [-0.05, 0) is 25.2 Å². The maximum absolute atomic E-state index is 10.5. The van der Waals surface area contributed by atoms with Gasteiger partial charge in [0.1, 0.15) is 11.8 Å². The van der Waals surface area contributed by atoms with Crippen molar-refractivity contribution in [2.24, 2.45) is 13.0 Å². The van der Waals surface area contributed by atoms with E-state index in [1.807, 2.05) is 11.6 Å². The number of anilines is 1. The minimum atomic E-state index is -2.16. The topological polar surface area (TPSA) is 99.0 Å². The highest BCUT2D eigenvalue weighted by molar-refractivity contribution is 7.77. The van der Waals surface area contributed by atoms with Crippen molar-refractivity contribution in [3.8, 4) is 0 Å². The number of fused-ring (bicyclic) bond motifs is 1. The number of nitrogens with one attached hydrogen (secondary N) is 1. The highest BCUT2D eigenvalue weighted by Crippen LogP contribution is 2.27. The largest absolute Gasteiger partial charge is 0.760 e. The fraction of sp³-hybridized carbons (Fsp3) is 0.615. The molecule has 9 heteroatoms. The van der Waals surface area contributed by atoms with E-state index in [2.05, 4.69) is 24.6 Å². The Morgan fingerprint density at radius 1 is 1.36 bits per heavy atom. The zero-order valence-corrected chi connectivity index (χ0v) is 13.3. The van der Waals surface area contributed by atoms with Gasteiger partial charge in [-0.1, -0.05) is 0 Å². The lowest BCUT2D eigenvalue weighted by atomic mass is 9.93. The average Bonchev–Trinajstić information content (AvgIpc) is 2.89. The summed E-state index contributed by atoms with van der Waals surface area (Å²) in [5.41, 5.74) is 1.68. The van der Waals surface area contributed by atoms with E-state index in [1.165, 1.54) is 0 Å². The van der Waals surface area contributed by atoms with Crippen LogP contribution in [0, 0.1) is 5.92 Å². The minimum absolute atomic E-state index is 0.514. The molecule has 3 heterocycles. The molecule has 3 rings (SSSR count). The van der Waals surface area contributed by atoms with E-state index in [1.54, 1.807) is 12.7 Å². The molecule has 1 aliphatic rings. The normalized spacial score (nSPS) is 18.0. The van der Waals surface area contributed by atoms with Crippen molar-refractivity contribution in [2.75, 3.05) is 24.5 Å². The first-order chi connectivity index (χ1) is 10.6. The van der Waals surface area contributed by atoms with Crippen LogP contribution >= 0.6 is 0 Å². The second-order valence-electron chi connectivity index (χ2n) is 5.57. The quantitative estimate of drug-likeness (QED) is 0.797. The van der Waals surface area contributed by atoms with E-state index in [9.17, 15) is 8.76 Å². The Bertz CT molecular complexity index is 668. The molecule has 0 aromatic carbocycles. The summed E-state index contributed by atoms with van der Waals surface area (Å²) in [6.45, 7) is 2.35. The highest BCUT2D eigenvalue weighted by atomic mass is 32.2. The summed E-state index contributed by atoms with van der Waals surface area (Å²) >= 11 is -2.16.